The third-order valence-electron chi connectivity index (χ3n) is 2.49. The Hall–Kier alpha value is -0.840. The van der Waals surface area contributed by atoms with Gasteiger partial charge in [0.1, 0.15) is 0 Å². The molecule has 2 aromatic rings. The molecule has 0 unspecified atom stereocenters. The summed E-state index contributed by atoms with van der Waals surface area (Å²) in [6, 6.07) is 4.34. The Labute approximate surface area is 117 Å². The Balaban J connectivity index is 1.86. The molecule has 0 spiro atoms. The average Bonchev–Trinajstić information content (AvgIpc) is 2.89. The number of rotatable bonds is 6. The van der Waals surface area contributed by atoms with Gasteiger partial charge in [-0.2, -0.15) is 5.10 Å². The Kier molecular flexibility index (Phi) is 4.80. The van der Waals surface area contributed by atoms with Gasteiger partial charge in [-0.1, -0.05) is 25.4 Å². The second kappa shape index (κ2) is 6.36. The van der Waals surface area contributed by atoms with Crippen LogP contribution in [-0.2, 0) is 13.1 Å². The van der Waals surface area contributed by atoms with Gasteiger partial charge < -0.3 is 5.32 Å². The average molecular weight is 284 g/mol. The van der Waals surface area contributed by atoms with Crippen molar-refractivity contribution < 1.29 is 0 Å². The molecule has 0 aliphatic heterocycles. The summed E-state index contributed by atoms with van der Waals surface area (Å²) in [5, 5.41) is 8.32. The first-order chi connectivity index (χ1) is 8.63. The minimum Gasteiger partial charge on any atom is -0.312 e. The van der Waals surface area contributed by atoms with E-state index in [2.05, 4.69) is 36.4 Å². The monoisotopic (exact) mass is 283 g/mol. The lowest BCUT2D eigenvalue weighted by atomic mass is 10.2. The molecule has 0 aromatic carbocycles. The van der Waals surface area contributed by atoms with Crippen molar-refractivity contribution >= 4 is 22.9 Å². The fourth-order valence-electron chi connectivity index (χ4n) is 1.67. The van der Waals surface area contributed by atoms with E-state index in [0.717, 1.165) is 19.6 Å². The summed E-state index contributed by atoms with van der Waals surface area (Å²) in [4.78, 5) is 2.67. The molecule has 2 heterocycles. The number of aromatic nitrogens is 2. The molecule has 2 aromatic heterocycles. The minimum atomic E-state index is 0.686. The first kappa shape index (κ1) is 13.6. The van der Waals surface area contributed by atoms with Gasteiger partial charge in [0.2, 0.25) is 0 Å². The number of hydrogen-bond donors (Lipinski definition) is 1. The fourth-order valence-corrected chi connectivity index (χ4v) is 2.81. The van der Waals surface area contributed by atoms with Crippen LogP contribution in [0.3, 0.4) is 0 Å². The molecule has 2 rings (SSSR count). The lowest BCUT2D eigenvalue weighted by Crippen LogP contribution is -2.18. The van der Waals surface area contributed by atoms with Crippen LogP contribution in [0.4, 0.5) is 0 Å². The van der Waals surface area contributed by atoms with Gasteiger partial charge >= 0.3 is 0 Å². The van der Waals surface area contributed by atoms with Crippen LogP contribution in [0, 0.1) is 5.92 Å². The minimum absolute atomic E-state index is 0.686. The molecule has 0 aliphatic carbocycles. The van der Waals surface area contributed by atoms with Crippen LogP contribution in [0.5, 0.6) is 0 Å². The van der Waals surface area contributed by atoms with E-state index < -0.39 is 0 Å². The van der Waals surface area contributed by atoms with E-state index in [-0.39, 0.29) is 0 Å². The molecule has 0 fully saturated rings. The molecule has 1 N–H and O–H groups in total. The Bertz CT molecular complexity index is 490. The second-order valence-electron chi connectivity index (χ2n) is 4.75. The van der Waals surface area contributed by atoms with E-state index in [0.29, 0.717) is 10.9 Å². The molecule has 0 saturated heterocycles. The Morgan fingerprint density at radius 3 is 2.83 bits per heavy atom. The smallest absolute Gasteiger partial charge is 0.0785 e. The van der Waals surface area contributed by atoms with E-state index in [4.69, 9.17) is 11.6 Å². The van der Waals surface area contributed by atoms with Crippen molar-refractivity contribution in [2.24, 2.45) is 5.92 Å². The predicted octanol–water partition coefficient (Wildman–Crippen LogP) is 3.39. The zero-order valence-corrected chi connectivity index (χ0v) is 12.3. The van der Waals surface area contributed by atoms with Crippen LogP contribution in [-0.4, -0.2) is 16.3 Å². The molecule has 0 amide bonds. The van der Waals surface area contributed by atoms with Crippen LogP contribution >= 0.6 is 22.9 Å². The Morgan fingerprint density at radius 1 is 1.39 bits per heavy atom. The fraction of sp³-hybridized carbons (Fsp3) is 0.462. The van der Waals surface area contributed by atoms with Gasteiger partial charge in [0.25, 0.3) is 0 Å². The highest BCUT2D eigenvalue weighted by Crippen LogP contribution is 2.18. The molecule has 0 atom stereocenters. The van der Waals surface area contributed by atoms with Crippen molar-refractivity contribution in [2.45, 2.75) is 26.9 Å². The number of nitrogens with one attached hydrogen (secondary N) is 1. The zero-order valence-electron chi connectivity index (χ0n) is 10.7. The molecule has 0 bridgehead atoms. The molecule has 5 heteroatoms. The van der Waals surface area contributed by atoms with Gasteiger partial charge in [0.15, 0.2) is 0 Å². The van der Waals surface area contributed by atoms with Crippen LogP contribution < -0.4 is 5.32 Å². The van der Waals surface area contributed by atoms with Gasteiger partial charge in [-0.25, -0.2) is 0 Å². The summed E-state index contributed by atoms with van der Waals surface area (Å²) >= 11 is 7.66. The van der Waals surface area contributed by atoms with Gasteiger partial charge in [-0.05, 0) is 24.6 Å². The first-order valence-corrected chi connectivity index (χ1v) is 7.29. The first-order valence-electron chi connectivity index (χ1n) is 6.10. The topological polar surface area (TPSA) is 29.9 Å². The normalized spacial score (nSPS) is 11.3. The Morgan fingerprint density at radius 2 is 2.17 bits per heavy atom. The van der Waals surface area contributed by atoms with Crippen molar-refractivity contribution in [1.82, 2.24) is 15.1 Å². The maximum Gasteiger partial charge on any atom is 0.0785 e. The molecule has 0 radical (unpaired) electrons. The lowest BCUT2D eigenvalue weighted by molar-refractivity contribution is 0.555. The highest BCUT2D eigenvalue weighted by Gasteiger charge is 2.03. The quantitative estimate of drug-likeness (QED) is 0.881. The predicted molar refractivity (Wildman–Crippen MR) is 77.2 cm³/mol. The third kappa shape index (κ3) is 4.12. The van der Waals surface area contributed by atoms with E-state index in [1.807, 2.05) is 22.2 Å². The number of hydrogen-bond acceptors (Lipinski definition) is 3. The van der Waals surface area contributed by atoms with Gasteiger partial charge in [0, 0.05) is 22.5 Å². The molecular formula is C13H18ClN3S. The summed E-state index contributed by atoms with van der Waals surface area (Å²) in [7, 11) is 0. The van der Waals surface area contributed by atoms with Crippen LogP contribution in [0.1, 0.15) is 23.6 Å². The van der Waals surface area contributed by atoms with E-state index in [1.54, 1.807) is 6.20 Å². The third-order valence-corrected chi connectivity index (χ3v) is 3.75. The molecular weight excluding hydrogens is 266 g/mol. The van der Waals surface area contributed by atoms with Crippen LogP contribution in [0.25, 0.3) is 0 Å². The van der Waals surface area contributed by atoms with Gasteiger partial charge in [0.05, 0.1) is 17.8 Å². The number of thiophene rings is 1. The number of nitrogens with zero attached hydrogens (tertiary/aromatic N) is 2. The summed E-state index contributed by atoms with van der Waals surface area (Å²) in [6.45, 7) is 7.23. The van der Waals surface area contributed by atoms with E-state index >= 15 is 0 Å². The highest BCUT2D eigenvalue weighted by molar-refractivity contribution is 7.11. The molecule has 0 saturated carbocycles. The molecule has 0 aliphatic rings. The van der Waals surface area contributed by atoms with Crippen molar-refractivity contribution in [3.63, 3.8) is 0 Å². The van der Waals surface area contributed by atoms with Crippen molar-refractivity contribution in [3.05, 3.63) is 39.3 Å². The molecule has 98 valence electrons. The van der Waals surface area contributed by atoms with Crippen molar-refractivity contribution in [2.75, 3.05) is 6.54 Å². The summed E-state index contributed by atoms with van der Waals surface area (Å²) in [5.74, 6) is 0.690. The van der Waals surface area contributed by atoms with Crippen molar-refractivity contribution in [3.8, 4) is 0 Å². The maximum atomic E-state index is 5.84. The summed E-state index contributed by atoms with van der Waals surface area (Å²) in [6.07, 6.45) is 3.51. The molecule has 18 heavy (non-hydrogen) atoms. The molecule has 3 nitrogen and oxygen atoms in total. The van der Waals surface area contributed by atoms with Crippen LogP contribution in [0.2, 0.25) is 5.02 Å². The highest BCUT2D eigenvalue weighted by atomic mass is 35.5. The van der Waals surface area contributed by atoms with Crippen molar-refractivity contribution in [1.29, 1.82) is 0 Å². The van der Waals surface area contributed by atoms with Crippen LogP contribution in [0.15, 0.2) is 24.5 Å². The van der Waals surface area contributed by atoms with Gasteiger partial charge in [-0.15, -0.1) is 11.3 Å². The van der Waals surface area contributed by atoms with E-state index in [1.165, 1.54) is 9.75 Å². The van der Waals surface area contributed by atoms with Gasteiger partial charge in [-0.3, -0.25) is 4.68 Å². The summed E-state index contributed by atoms with van der Waals surface area (Å²) < 4.78 is 1.86. The largest absolute Gasteiger partial charge is 0.312 e. The summed E-state index contributed by atoms with van der Waals surface area (Å²) in [5.41, 5.74) is 0. The maximum absolute atomic E-state index is 5.84. The number of halogens is 1. The second-order valence-corrected chi connectivity index (χ2v) is 6.44. The zero-order chi connectivity index (χ0) is 13.0. The standard InChI is InChI=1S/C13H18ClN3S/c1-10(2)5-15-7-12-3-4-13(18-12)9-17-8-11(14)6-16-17/h3-4,6,8,10,15H,5,7,9H2,1-2H3. The lowest BCUT2D eigenvalue weighted by Gasteiger charge is -2.05. The SMILES string of the molecule is CC(C)CNCc1ccc(Cn2cc(Cl)cn2)s1. The van der Waals surface area contributed by atoms with E-state index in [9.17, 15) is 0 Å².